The van der Waals surface area contributed by atoms with E-state index in [-0.39, 0.29) is 23.5 Å². The maximum Gasteiger partial charge on any atom is 0.315 e. The molecule has 3 heteroatoms. The molecule has 2 aromatic carbocycles. The molecule has 1 aliphatic carbocycles. The summed E-state index contributed by atoms with van der Waals surface area (Å²) in [5, 5.41) is 0. The molecule has 0 N–H and O–H groups in total. The zero-order valence-electron chi connectivity index (χ0n) is 19.7. The zero-order chi connectivity index (χ0) is 22.5. The van der Waals surface area contributed by atoms with Crippen LogP contribution in [0, 0.1) is 30.5 Å². The van der Waals surface area contributed by atoms with Crippen LogP contribution in [0.15, 0.2) is 36.4 Å². The van der Waals surface area contributed by atoms with Crippen molar-refractivity contribution >= 4 is 5.97 Å². The number of fused-ring (bicyclic) bond motifs is 1. The minimum atomic E-state index is -0.315. The summed E-state index contributed by atoms with van der Waals surface area (Å²) in [5.41, 5.74) is 4.27. The standard InChI is InChI=1S/C29H37FO2/c1-3-4-5-6-24-17-18-25-19-26(29(31)32-28(25)27(24)30)23-15-13-22(14-16-23)12-11-21-9-7-20(2)8-10-21/h7-10,17-18,22-23,26H,3-6,11-16,19H2,1-2H3. The van der Waals surface area contributed by atoms with Gasteiger partial charge in [-0.25, -0.2) is 4.39 Å². The normalized spacial score (nSPS) is 23.0. The fraction of sp³-hybridized carbons (Fsp3) is 0.552. The summed E-state index contributed by atoms with van der Waals surface area (Å²) in [4.78, 5) is 12.8. The zero-order valence-corrected chi connectivity index (χ0v) is 19.7. The lowest BCUT2D eigenvalue weighted by atomic mass is 9.72. The van der Waals surface area contributed by atoms with E-state index in [1.54, 1.807) is 0 Å². The number of esters is 1. The molecule has 32 heavy (non-hydrogen) atoms. The summed E-state index contributed by atoms with van der Waals surface area (Å²) in [6.45, 7) is 4.27. The molecule has 0 saturated heterocycles. The highest BCUT2D eigenvalue weighted by Gasteiger charge is 2.38. The van der Waals surface area contributed by atoms with E-state index in [1.807, 2.05) is 12.1 Å². The fourth-order valence-corrected chi connectivity index (χ4v) is 5.53. The van der Waals surface area contributed by atoms with E-state index in [4.69, 9.17) is 4.74 Å². The largest absolute Gasteiger partial charge is 0.423 e. The Balaban J connectivity index is 1.31. The Morgan fingerprint density at radius 2 is 1.72 bits per heavy atom. The van der Waals surface area contributed by atoms with Crippen molar-refractivity contribution in [2.24, 2.45) is 17.8 Å². The second kappa shape index (κ2) is 10.6. The molecule has 0 bridgehead atoms. The average molecular weight is 437 g/mol. The van der Waals surface area contributed by atoms with Crippen molar-refractivity contribution in [2.75, 3.05) is 0 Å². The van der Waals surface area contributed by atoms with Crippen molar-refractivity contribution in [3.8, 4) is 5.75 Å². The van der Waals surface area contributed by atoms with E-state index >= 15 is 0 Å². The third kappa shape index (κ3) is 5.42. The summed E-state index contributed by atoms with van der Waals surface area (Å²) in [7, 11) is 0. The van der Waals surface area contributed by atoms with E-state index in [2.05, 4.69) is 38.1 Å². The van der Waals surface area contributed by atoms with Crippen molar-refractivity contribution in [3.63, 3.8) is 0 Å². The van der Waals surface area contributed by atoms with Crippen LogP contribution in [0.25, 0.3) is 0 Å². The SMILES string of the molecule is CCCCCc1ccc2c(c1F)OC(=O)C(C1CCC(CCc3ccc(C)cc3)CC1)C2. The summed E-state index contributed by atoms with van der Waals surface area (Å²) in [5.74, 6) is 0.648. The topological polar surface area (TPSA) is 26.3 Å². The van der Waals surface area contributed by atoms with Crippen molar-refractivity contribution in [3.05, 3.63) is 64.5 Å². The average Bonchev–Trinajstić information content (AvgIpc) is 2.81. The molecule has 1 atom stereocenters. The number of unbranched alkanes of at least 4 members (excludes halogenated alkanes) is 2. The number of benzene rings is 2. The molecule has 1 heterocycles. The first-order valence-electron chi connectivity index (χ1n) is 12.6. The van der Waals surface area contributed by atoms with Crippen LogP contribution in [-0.4, -0.2) is 5.97 Å². The van der Waals surface area contributed by atoms with Gasteiger partial charge >= 0.3 is 5.97 Å². The Morgan fingerprint density at radius 3 is 2.44 bits per heavy atom. The van der Waals surface area contributed by atoms with Gasteiger partial charge in [0.1, 0.15) is 0 Å². The van der Waals surface area contributed by atoms with Crippen LogP contribution in [0.4, 0.5) is 4.39 Å². The lowest BCUT2D eigenvalue weighted by Gasteiger charge is -2.35. The molecule has 1 unspecified atom stereocenters. The number of halogens is 1. The number of ether oxygens (including phenoxy) is 1. The Bertz CT molecular complexity index is 909. The molecule has 2 aliphatic rings. The van der Waals surface area contributed by atoms with Crippen LogP contribution >= 0.6 is 0 Å². The number of hydrogen-bond donors (Lipinski definition) is 0. The van der Waals surface area contributed by atoms with E-state index in [0.29, 0.717) is 24.3 Å². The Hall–Kier alpha value is -2.16. The van der Waals surface area contributed by atoms with Crippen molar-refractivity contribution < 1.29 is 13.9 Å². The molecule has 0 amide bonds. The molecular formula is C29H37FO2. The first-order chi connectivity index (χ1) is 15.5. The fourth-order valence-electron chi connectivity index (χ4n) is 5.53. The van der Waals surface area contributed by atoms with Crippen LogP contribution in [0.2, 0.25) is 0 Å². The monoisotopic (exact) mass is 436 g/mol. The van der Waals surface area contributed by atoms with Gasteiger partial charge in [-0.15, -0.1) is 0 Å². The summed E-state index contributed by atoms with van der Waals surface area (Å²) in [6, 6.07) is 12.8. The Labute approximate surface area is 192 Å². The van der Waals surface area contributed by atoms with Gasteiger partial charge < -0.3 is 4.74 Å². The van der Waals surface area contributed by atoms with Gasteiger partial charge in [0.2, 0.25) is 0 Å². The van der Waals surface area contributed by atoms with Gasteiger partial charge in [-0.1, -0.05) is 74.6 Å². The second-order valence-corrected chi connectivity index (χ2v) is 10.0. The Morgan fingerprint density at radius 1 is 0.969 bits per heavy atom. The van der Waals surface area contributed by atoms with Crippen LogP contribution < -0.4 is 4.74 Å². The Kier molecular flexibility index (Phi) is 7.65. The lowest BCUT2D eigenvalue weighted by molar-refractivity contribution is -0.143. The highest BCUT2D eigenvalue weighted by Crippen LogP contribution is 2.41. The number of aryl methyl sites for hydroxylation is 3. The maximum atomic E-state index is 14.9. The van der Waals surface area contributed by atoms with Crippen molar-refractivity contribution in [1.29, 1.82) is 0 Å². The van der Waals surface area contributed by atoms with Gasteiger partial charge in [0, 0.05) is 0 Å². The highest BCUT2D eigenvalue weighted by molar-refractivity contribution is 5.78. The molecule has 0 radical (unpaired) electrons. The van der Waals surface area contributed by atoms with E-state index in [1.165, 1.54) is 30.4 Å². The molecule has 1 fully saturated rings. The lowest BCUT2D eigenvalue weighted by Crippen LogP contribution is -2.35. The second-order valence-electron chi connectivity index (χ2n) is 10.0. The molecule has 1 aliphatic heterocycles. The van der Waals surface area contributed by atoms with Crippen molar-refractivity contribution in [1.82, 2.24) is 0 Å². The van der Waals surface area contributed by atoms with E-state index in [0.717, 1.165) is 50.0 Å². The van der Waals surface area contributed by atoms with Gasteiger partial charge in [-0.3, -0.25) is 4.79 Å². The third-order valence-electron chi connectivity index (χ3n) is 7.68. The predicted octanol–water partition coefficient (Wildman–Crippen LogP) is 7.38. The third-order valence-corrected chi connectivity index (χ3v) is 7.68. The number of carbonyl (C=O) groups excluding carboxylic acids is 1. The van der Waals surface area contributed by atoms with Crippen LogP contribution in [0.5, 0.6) is 5.75 Å². The molecule has 4 rings (SSSR count). The van der Waals surface area contributed by atoms with Gasteiger partial charge in [-0.2, -0.15) is 0 Å². The number of hydrogen-bond acceptors (Lipinski definition) is 2. The maximum absolute atomic E-state index is 14.9. The quantitative estimate of drug-likeness (QED) is 0.245. The van der Waals surface area contributed by atoms with Gasteiger partial charge in [-0.05, 0) is 80.4 Å². The summed E-state index contributed by atoms with van der Waals surface area (Å²) < 4.78 is 20.5. The molecule has 2 nitrogen and oxygen atoms in total. The smallest absolute Gasteiger partial charge is 0.315 e. The van der Waals surface area contributed by atoms with Gasteiger partial charge in [0.15, 0.2) is 11.6 Å². The van der Waals surface area contributed by atoms with Crippen molar-refractivity contribution in [2.45, 2.75) is 84.5 Å². The highest BCUT2D eigenvalue weighted by atomic mass is 19.1. The van der Waals surface area contributed by atoms with E-state index < -0.39 is 0 Å². The molecule has 172 valence electrons. The number of carbonyl (C=O) groups is 1. The van der Waals surface area contributed by atoms with Crippen LogP contribution in [-0.2, 0) is 24.1 Å². The van der Waals surface area contributed by atoms with Crippen LogP contribution in [0.1, 0.15) is 80.5 Å². The summed E-state index contributed by atoms with van der Waals surface area (Å²) >= 11 is 0. The minimum Gasteiger partial charge on any atom is -0.423 e. The molecule has 2 aromatic rings. The molecule has 1 saturated carbocycles. The molecule has 0 spiro atoms. The van der Waals surface area contributed by atoms with E-state index in [9.17, 15) is 9.18 Å². The van der Waals surface area contributed by atoms with Gasteiger partial charge in [0.25, 0.3) is 0 Å². The number of rotatable bonds is 8. The minimum absolute atomic E-state index is 0.120. The molecular weight excluding hydrogens is 399 g/mol. The van der Waals surface area contributed by atoms with Gasteiger partial charge in [0.05, 0.1) is 5.92 Å². The molecule has 0 aromatic heterocycles. The summed E-state index contributed by atoms with van der Waals surface area (Å²) in [6.07, 6.45) is 11.4. The first kappa shape index (κ1) is 23.0. The first-order valence-corrected chi connectivity index (χ1v) is 12.6. The predicted molar refractivity (Wildman–Crippen MR) is 127 cm³/mol. The van der Waals surface area contributed by atoms with Crippen LogP contribution in [0.3, 0.4) is 0 Å².